The van der Waals surface area contributed by atoms with Crippen LogP contribution in [0.1, 0.15) is 36.8 Å². The maximum absolute atomic E-state index is 14.0. The van der Waals surface area contributed by atoms with Gasteiger partial charge < -0.3 is 9.84 Å². The van der Waals surface area contributed by atoms with Crippen LogP contribution in [0.25, 0.3) is 0 Å². The van der Waals surface area contributed by atoms with Crippen molar-refractivity contribution in [2.75, 3.05) is 18.1 Å². The Kier molecular flexibility index (Phi) is 6.59. The second kappa shape index (κ2) is 9.98. The second-order valence-electron chi connectivity index (χ2n) is 10.8. The molecule has 40 heavy (non-hydrogen) atoms. The maximum atomic E-state index is 14.0. The normalized spacial score (nSPS) is 25.9. The molecular weight excluding hydrogens is 530 g/mol. The zero-order valence-electron chi connectivity index (χ0n) is 22.1. The van der Waals surface area contributed by atoms with Crippen LogP contribution in [0.15, 0.2) is 76.9 Å². The van der Waals surface area contributed by atoms with Crippen LogP contribution >= 0.6 is 11.6 Å². The first-order chi connectivity index (χ1) is 19.2. The van der Waals surface area contributed by atoms with Gasteiger partial charge in [-0.05, 0) is 62.4 Å². The number of carbonyl (C=O) groups excluding carboxylic acids is 4. The molecule has 2 amide bonds. The lowest BCUT2D eigenvalue weighted by atomic mass is 9.59. The number of imide groups is 1. The van der Waals surface area contributed by atoms with Gasteiger partial charge in [-0.3, -0.25) is 19.2 Å². The molecular formula is C32H28ClNO6. The summed E-state index contributed by atoms with van der Waals surface area (Å²) in [5.74, 6) is -2.87. The predicted octanol–water partition coefficient (Wildman–Crippen LogP) is 4.65. The van der Waals surface area contributed by atoms with E-state index >= 15 is 0 Å². The molecule has 4 aliphatic rings. The number of ether oxygens (including phenoxy) is 1. The fourth-order valence-electron chi connectivity index (χ4n) is 6.72. The Labute approximate surface area is 236 Å². The predicted molar refractivity (Wildman–Crippen MR) is 149 cm³/mol. The van der Waals surface area contributed by atoms with Crippen molar-refractivity contribution < 1.29 is 29.0 Å². The van der Waals surface area contributed by atoms with Gasteiger partial charge in [-0.15, -0.1) is 0 Å². The second-order valence-corrected chi connectivity index (χ2v) is 11.2. The van der Waals surface area contributed by atoms with E-state index in [1.807, 2.05) is 25.1 Å². The Bertz CT molecular complexity index is 1580. The fraction of sp³-hybridized carbons (Fsp3) is 0.312. The molecule has 6 rings (SSSR count). The number of aliphatic hydroxyl groups is 1. The number of hydrogen-bond donors (Lipinski definition) is 1. The Morgan fingerprint density at radius 1 is 1.02 bits per heavy atom. The van der Waals surface area contributed by atoms with Crippen molar-refractivity contribution in [2.24, 2.45) is 17.8 Å². The molecule has 1 saturated heterocycles. The molecule has 0 bridgehead atoms. The van der Waals surface area contributed by atoms with Gasteiger partial charge in [0.05, 0.1) is 24.1 Å². The molecule has 2 aromatic carbocycles. The van der Waals surface area contributed by atoms with E-state index in [2.05, 4.69) is 0 Å². The van der Waals surface area contributed by atoms with E-state index in [0.717, 1.165) is 11.1 Å². The SMILES string of the molecule is CC1=CC(=O)C2=C(CC3C(=CCC4C(=O)N(c5ccc(C)c(Cl)c5)C(=O)C43)C2c2ccccc2OCCO)C1=O. The van der Waals surface area contributed by atoms with Crippen molar-refractivity contribution in [2.45, 2.75) is 32.6 Å². The number of aryl methyl sites for hydroxylation is 1. The summed E-state index contributed by atoms with van der Waals surface area (Å²) in [6, 6.07) is 12.4. The van der Waals surface area contributed by atoms with Gasteiger partial charge in [0.15, 0.2) is 11.6 Å². The Morgan fingerprint density at radius 2 is 1.80 bits per heavy atom. The number of anilines is 1. The number of benzene rings is 2. The summed E-state index contributed by atoms with van der Waals surface area (Å²) in [6.07, 6.45) is 3.90. The number of rotatable bonds is 5. The number of Topliss-reactive ketones (excluding diaryl/α,β-unsaturated/α-hetero) is 1. The third-order valence-corrected chi connectivity index (χ3v) is 8.96. The van der Waals surface area contributed by atoms with E-state index in [-0.39, 0.29) is 43.0 Å². The quantitative estimate of drug-likeness (QED) is 0.326. The van der Waals surface area contributed by atoms with Gasteiger partial charge in [-0.1, -0.05) is 47.5 Å². The van der Waals surface area contributed by atoms with Gasteiger partial charge >= 0.3 is 0 Å². The van der Waals surface area contributed by atoms with Gasteiger partial charge in [0.1, 0.15) is 12.4 Å². The van der Waals surface area contributed by atoms with Crippen molar-refractivity contribution >= 4 is 40.7 Å². The number of allylic oxidation sites excluding steroid dienone is 6. The lowest BCUT2D eigenvalue weighted by Gasteiger charge is -2.42. The summed E-state index contributed by atoms with van der Waals surface area (Å²) in [5, 5.41) is 9.85. The number of fused-ring (bicyclic) bond motifs is 3. The number of para-hydroxylation sites is 1. The minimum absolute atomic E-state index is 0.0652. The van der Waals surface area contributed by atoms with Crippen LogP contribution in [0.5, 0.6) is 5.75 Å². The summed E-state index contributed by atoms with van der Waals surface area (Å²) < 4.78 is 5.85. The van der Waals surface area contributed by atoms with Crippen LogP contribution in [0.3, 0.4) is 0 Å². The molecule has 2 aromatic rings. The average Bonchev–Trinajstić information content (AvgIpc) is 3.20. The number of aliphatic hydroxyl groups excluding tert-OH is 1. The van der Waals surface area contributed by atoms with E-state index < -0.39 is 23.7 Å². The monoisotopic (exact) mass is 557 g/mol. The average molecular weight is 558 g/mol. The van der Waals surface area contributed by atoms with Crippen molar-refractivity contribution in [1.29, 1.82) is 0 Å². The Balaban J connectivity index is 1.48. The molecule has 0 aromatic heterocycles. The third-order valence-electron chi connectivity index (χ3n) is 8.55. The molecule has 1 aliphatic heterocycles. The smallest absolute Gasteiger partial charge is 0.238 e. The zero-order valence-corrected chi connectivity index (χ0v) is 22.9. The van der Waals surface area contributed by atoms with Crippen LogP contribution in [0.4, 0.5) is 5.69 Å². The number of amides is 2. The Hall–Kier alpha value is -3.81. The van der Waals surface area contributed by atoms with Crippen molar-refractivity contribution in [3.8, 4) is 5.75 Å². The van der Waals surface area contributed by atoms with Crippen molar-refractivity contribution in [3.05, 3.63) is 93.1 Å². The van der Waals surface area contributed by atoms with Gasteiger partial charge in [-0.2, -0.15) is 0 Å². The van der Waals surface area contributed by atoms with Crippen LogP contribution < -0.4 is 9.64 Å². The summed E-state index contributed by atoms with van der Waals surface area (Å²) in [7, 11) is 0. The van der Waals surface area contributed by atoms with E-state index in [0.29, 0.717) is 45.2 Å². The van der Waals surface area contributed by atoms with E-state index in [4.69, 9.17) is 16.3 Å². The zero-order chi connectivity index (χ0) is 28.3. The molecule has 4 atom stereocenters. The molecule has 3 aliphatic carbocycles. The first-order valence-corrected chi connectivity index (χ1v) is 13.8. The fourth-order valence-corrected chi connectivity index (χ4v) is 6.89. The van der Waals surface area contributed by atoms with Gasteiger partial charge in [0, 0.05) is 33.2 Å². The van der Waals surface area contributed by atoms with Crippen molar-refractivity contribution in [1.82, 2.24) is 0 Å². The highest BCUT2D eigenvalue weighted by atomic mass is 35.5. The van der Waals surface area contributed by atoms with Gasteiger partial charge in [0.25, 0.3) is 0 Å². The first-order valence-electron chi connectivity index (χ1n) is 13.4. The van der Waals surface area contributed by atoms with Gasteiger partial charge in [-0.25, -0.2) is 4.90 Å². The van der Waals surface area contributed by atoms with E-state index in [1.54, 1.807) is 37.3 Å². The van der Waals surface area contributed by atoms with Crippen LogP contribution in [0, 0.1) is 24.7 Å². The van der Waals surface area contributed by atoms with E-state index in [1.165, 1.54) is 11.0 Å². The highest BCUT2D eigenvalue weighted by molar-refractivity contribution is 6.32. The number of ketones is 2. The third kappa shape index (κ3) is 3.99. The lowest BCUT2D eigenvalue weighted by molar-refractivity contribution is -0.123. The standard InChI is InChI=1S/C32H28ClNO6/c1-16-7-8-18(14-24(16)33)34-31(38)21-10-9-19-22(28(21)32(34)39)15-23-29(25(36)13-17(2)30(23)37)27(19)20-5-3-4-6-26(20)40-12-11-35/h3-9,13-14,21-22,27-28,35H,10-12,15H2,1-2H3. The molecule has 1 N–H and O–H groups in total. The minimum atomic E-state index is -0.677. The highest BCUT2D eigenvalue weighted by Crippen LogP contribution is 2.56. The van der Waals surface area contributed by atoms with Crippen LogP contribution in [0.2, 0.25) is 5.02 Å². The summed E-state index contributed by atoms with van der Waals surface area (Å²) >= 11 is 6.34. The lowest BCUT2D eigenvalue weighted by Crippen LogP contribution is -2.40. The van der Waals surface area contributed by atoms with Gasteiger partial charge in [0.2, 0.25) is 11.8 Å². The number of nitrogens with zero attached hydrogens (tertiary/aromatic N) is 1. The largest absolute Gasteiger partial charge is 0.491 e. The highest BCUT2D eigenvalue weighted by Gasteiger charge is 2.56. The van der Waals surface area contributed by atoms with Crippen LogP contribution in [-0.4, -0.2) is 41.7 Å². The topological polar surface area (TPSA) is 101 Å². The molecule has 0 spiro atoms. The molecule has 4 unspecified atom stereocenters. The van der Waals surface area contributed by atoms with Crippen LogP contribution in [-0.2, 0) is 19.2 Å². The summed E-state index contributed by atoms with van der Waals surface area (Å²) in [5.41, 5.74) is 3.95. The molecule has 0 radical (unpaired) electrons. The molecule has 0 saturated carbocycles. The molecule has 1 fully saturated rings. The maximum Gasteiger partial charge on any atom is 0.238 e. The molecule has 1 heterocycles. The molecule has 8 heteroatoms. The number of hydrogen-bond acceptors (Lipinski definition) is 6. The summed E-state index contributed by atoms with van der Waals surface area (Å²) in [6.45, 7) is 3.36. The Morgan fingerprint density at radius 3 is 2.55 bits per heavy atom. The van der Waals surface area contributed by atoms with E-state index in [9.17, 15) is 24.3 Å². The molecule has 7 nitrogen and oxygen atoms in total. The number of carbonyl (C=O) groups is 4. The number of halogens is 1. The van der Waals surface area contributed by atoms with Crippen molar-refractivity contribution in [3.63, 3.8) is 0 Å². The first kappa shape index (κ1) is 26.4. The molecule has 204 valence electrons. The minimum Gasteiger partial charge on any atom is -0.491 e. The summed E-state index contributed by atoms with van der Waals surface area (Å²) in [4.78, 5) is 55.8.